The van der Waals surface area contributed by atoms with Gasteiger partial charge in [0.05, 0.1) is 8.07 Å². The maximum absolute atomic E-state index is 12.2. The number of H-pyrrole nitrogens is 1. The van der Waals surface area contributed by atoms with Crippen molar-refractivity contribution >= 4 is 19.2 Å². The number of rotatable bonds is 3. The van der Waals surface area contributed by atoms with Gasteiger partial charge in [-0.2, -0.15) is 0 Å². The molecule has 0 amide bonds. The topological polar surface area (TPSA) is 59.2 Å². The molecule has 0 saturated heterocycles. The zero-order chi connectivity index (χ0) is 15.6. The van der Waals surface area contributed by atoms with E-state index in [1.54, 1.807) is 6.20 Å². The molecule has 1 heterocycles. The Morgan fingerprint density at radius 1 is 1.14 bits per heavy atom. The van der Waals surface area contributed by atoms with Crippen molar-refractivity contribution in [1.82, 2.24) is 4.98 Å². The lowest BCUT2D eigenvalue weighted by Crippen LogP contribution is -2.49. The van der Waals surface area contributed by atoms with E-state index in [0.29, 0.717) is 10.9 Å². The first-order chi connectivity index (χ1) is 9.80. The number of esters is 1. The Labute approximate surface area is 124 Å². The zero-order valence-electron chi connectivity index (χ0n) is 12.7. The van der Waals surface area contributed by atoms with Crippen molar-refractivity contribution in [3.63, 3.8) is 0 Å². The third-order valence-electron chi connectivity index (χ3n) is 3.13. The normalized spacial score (nSPS) is 11.2. The van der Waals surface area contributed by atoms with Crippen molar-refractivity contribution in [3.05, 3.63) is 46.9 Å². The lowest BCUT2D eigenvalue weighted by atomic mass is 10.1. The summed E-state index contributed by atoms with van der Waals surface area (Å²) in [5, 5.41) is 0.610. The number of hydrogen-bond donors (Lipinski definition) is 1. The van der Waals surface area contributed by atoms with E-state index in [1.807, 2.05) is 30.3 Å². The van der Waals surface area contributed by atoms with Gasteiger partial charge in [0.25, 0.3) is 5.56 Å². The number of benzene rings is 1. The summed E-state index contributed by atoms with van der Waals surface area (Å²) in [6.45, 7) is 7.52. The number of nitrogens with one attached hydrogen (secondary N) is 1. The average molecular weight is 301 g/mol. The van der Waals surface area contributed by atoms with E-state index in [2.05, 4.69) is 24.6 Å². The Bertz CT molecular complexity index is 715. The van der Waals surface area contributed by atoms with Gasteiger partial charge in [-0.05, 0) is 5.56 Å². The van der Waals surface area contributed by atoms with Crippen LogP contribution in [-0.4, -0.2) is 19.0 Å². The maximum Gasteiger partial charge on any atom is 0.308 e. The fraction of sp³-hybridized carbons (Fsp3) is 0.250. The zero-order valence-corrected chi connectivity index (χ0v) is 13.7. The van der Waals surface area contributed by atoms with E-state index in [-0.39, 0.29) is 5.56 Å². The van der Waals surface area contributed by atoms with Gasteiger partial charge in [0.15, 0.2) is 0 Å². The highest BCUT2D eigenvalue weighted by Gasteiger charge is 2.28. The van der Waals surface area contributed by atoms with Crippen molar-refractivity contribution in [3.8, 4) is 16.9 Å². The van der Waals surface area contributed by atoms with E-state index in [9.17, 15) is 9.59 Å². The molecule has 0 saturated carbocycles. The summed E-state index contributed by atoms with van der Waals surface area (Å²) in [5.74, 6) is -0.0195. The SMILES string of the molecule is CC(=O)Oc1c(-c2ccccc2)c[nH]c(=O)c1[Si](C)(C)C. The first-order valence-electron chi connectivity index (χ1n) is 6.80. The number of hydrogen-bond acceptors (Lipinski definition) is 3. The highest BCUT2D eigenvalue weighted by molar-refractivity contribution is 6.89. The molecule has 0 spiro atoms. The average Bonchev–Trinajstić information content (AvgIpc) is 2.37. The summed E-state index contributed by atoms with van der Waals surface area (Å²) >= 11 is 0. The second-order valence-corrected chi connectivity index (χ2v) is 10.9. The Morgan fingerprint density at radius 2 is 1.76 bits per heavy atom. The van der Waals surface area contributed by atoms with Crippen LogP contribution in [0.5, 0.6) is 5.75 Å². The summed E-state index contributed by atoms with van der Waals surface area (Å²) < 4.78 is 5.41. The van der Waals surface area contributed by atoms with Crippen LogP contribution in [0.25, 0.3) is 11.1 Å². The number of carbonyl (C=O) groups is 1. The summed E-state index contributed by atoms with van der Waals surface area (Å²) in [4.78, 5) is 26.5. The molecule has 0 aliphatic carbocycles. The van der Waals surface area contributed by atoms with Crippen LogP contribution >= 0.6 is 0 Å². The maximum atomic E-state index is 12.2. The Kier molecular flexibility index (Phi) is 4.13. The predicted octanol–water partition coefficient (Wildman–Crippen LogP) is 2.51. The van der Waals surface area contributed by atoms with Gasteiger partial charge in [-0.1, -0.05) is 50.0 Å². The fourth-order valence-corrected chi connectivity index (χ4v) is 3.90. The molecule has 2 rings (SSSR count). The minimum absolute atomic E-state index is 0.176. The highest BCUT2D eigenvalue weighted by Crippen LogP contribution is 2.28. The third-order valence-corrected chi connectivity index (χ3v) is 5.08. The Hall–Kier alpha value is -2.14. The van der Waals surface area contributed by atoms with Gasteiger partial charge in [-0.15, -0.1) is 0 Å². The molecule has 110 valence electrons. The molecule has 0 aliphatic rings. The largest absolute Gasteiger partial charge is 0.426 e. The van der Waals surface area contributed by atoms with Gasteiger partial charge in [0.1, 0.15) is 5.75 Å². The first kappa shape index (κ1) is 15.2. The van der Waals surface area contributed by atoms with Crippen LogP contribution in [0.2, 0.25) is 19.6 Å². The molecular formula is C16H19NO3Si. The van der Waals surface area contributed by atoms with Crippen molar-refractivity contribution in [2.45, 2.75) is 26.6 Å². The Balaban J connectivity index is 2.78. The number of ether oxygens (including phenoxy) is 1. The molecule has 0 radical (unpaired) electrons. The Morgan fingerprint density at radius 3 is 2.29 bits per heavy atom. The van der Waals surface area contributed by atoms with Crippen LogP contribution in [0, 0.1) is 0 Å². The third kappa shape index (κ3) is 3.31. The molecule has 1 aromatic heterocycles. The van der Waals surface area contributed by atoms with Crippen LogP contribution in [-0.2, 0) is 4.79 Å². The minimum atomic E-state index is -1.97. The van der Waals surface area contributed by atoms with E-state index < -0.39 is 14.0 Å². The number of carbonyl (C=O) groups excluding carboxylic acids is 1. The molecule has 0 aliphatic heterocycles. The van der Waals surface area contributed by atoms with Crippen LogP contribution in [0.4, 0.5) is 0 Å². The molecule has 21 heavy (non-hydrogen) atoms. The lowest BCUT2D eigenvalue weighted by molar-refractivity contribution is -0.131. The molecule has 4 nitrogen and oxygen atoms in total. The standard InChI is InChI=1S/C16H19NO3Si/c1-11(18)20-14-13(12-8-6-5-7-9-12)10-17-16(19)15(14)21(2,3)4/h5-10H,1-4H3,(H,17,19). The van der Waals surface area contributed by atoms with Crippen molar-refractivity contribution in [2.75, 3.05) is 0 Å². The van der Waals surface area contributed by atoms with Gasteiger partial charge in [-0.3, -0.25) is 9.59 Å². The lowest BCUT2D eigenvalue weighted by Gasteiger charge is -2.21. The van der Waals surface area contributed by atoms with Gasteiger partial charge in [0, 0.05) is 23.9 Å². The summed E-state index contributed by atoms with van der Waals surface area (Å²) in [7, 11) is -1.97. The summed E-state index contributed by atoms with van der Waals surface area (Å²) in [5.41, 5.74) is 1.47. The molecular weight excluding hydrogens is 282 g/mol. The van der Waals surface area contributed by atoms with Crippen LogP contribution in [0.15, 0.2) is 41.3 Å². The second kappa shape index (κ2) is 5.69. The van der Waals surface area contributed by atoms with E-state index >= 15 is 0 Å². The van der Waals surface area contributed by atoms with E-state index in [0.717, 1.165) is 11.1 Å². The number of aromatic amines is 1. The van der Waals surface area contributed by atoms with E-state index in [4.69, 9.17) is 4.74 Å². The summed E-state index contributed by atoms with van der Waals surface area (Å²) in [6, 6.07) is 9.59. The highest BCUT2D eigenvalue weighted by atomic mass is 28.3. The summed E-state index contributed by atoms with van der Waals surface area (Å²) in [6.07, 6.45) is 1.61. The van der Waals surface area contributed by atoms with Gasteiger partial charge < -0.3 is 9.72 Å². The molecule has 0 unspecified atom stereocenters. The predicted molar refractivity (Wildman–Crippen MR) is 86.8 cm³/mol. The van der Waals surface area contributed by atoms with Gasteiger partial charge >= 0.3 is 5.97 Å². The molecule has 2 aromatic rings. The number of pyridine rings is 1. The second-order valence-electron chi connectivity index (χ2n) is 5.95. The quantitative estimate of drug-likeness (QED) is 0.700. The van der Waals surface area contributed by atoms with Gasteiger partial charge in [0.2, 0.25) is 0 Å². The van der Waals surface area contributed by atoms with E-state index in [1.165, 1.54) is 6.92 Å². The smallest absolute Gasteiger partial charge is 0.308 e. The molecule has 0 atom stereocenters. The van der Waals surface area contributed by atoms with Crippen molar-refractivity contribution < 1.29 is 9.53 Å². The molecule has 1 aromatic carbocycles. The van der Waals surface area contributed by atoms with Gasteiger partial charge in [-0.25, -0.2) is 0 Å². The van der Waals surface area contributed by atoms with Crippen molar-refractivity contribution in [2.24, 2.45) is 0 Å². The van der Waals surface area contributed by atoms with Crippen LogP contribution in [0.1, 0.15) is 6.92 Å². The van der Waals surface area contributed by atoms with Crippen LogP contribution in [0.3, 0.4) is 0 Å². The monoisotopic (exact) mass is 301 g/mol. The van der Waals surface area contributed by atoms with Crippen LogP contribution < -0.4 is 15.5 Å². The first-order valence-corrected chi connectivity index (χ1v) is 10.3. The molecule has 5 heteroatoms. The molecule has 0 bridgehead atoms. The van der Waals surface area contributed by atoms with Crippen molar-refractivity contribution in [1.29, 1.82) is 0 Å². The fourth-order valence-electron chi connectivity index (χ4n) is 2.28. The molecule has 0 fully saturated rings. The molecule has 1 N–H and O–H groups in total. The number of aromatic nitrogens is 1. The minimum Gasteiger partial charge on any atom is -0.426 e.